The Bertz CT molecular complexity index is 692. The highest BCUT2D eigenvalue weighted by atomic mass is 32.1. The predicted molar refractivity (Wildman–Crippen MR) is 104 cm³/mol. The Kier molecular flexibility index (Phi) is 5.04. The third kappa shape index (κ3) is 3.88. The van der Waals surface area contributed by atoms with E-state index in [4.69, 9.17) is 0 Å². The Morgan fingerprint density at radius 1 is 1.08 bits per heavy atom. The van der Waals surface area contributed by atoms with Gasteiger partial charge in [-0.2, -0.15) is 0 Å². The Hall–Kier alpha value is -1.85. The zero-order valence-corrected chi connectivity index (χ0v) is 15.3. The van der Waals surface area contributed by atoms with Crippen LogP contribution in [0.2, 0.25) is 0 Å². The maximum atomic E-state index is 12.5. The summed E-state index contributed by atoms with van der Waals surface area (Å²) in [6, 6.07) is 13.0. The van der Waals surface area contributed by atoms with Gasteiger partial charge in [-0.15, -0.1) is 11.3 Å². The molecule has 0 saturated carbocycles. The molecule has 1 aromatic heterocycles. The van der Waals surface area contributed by atoms with Crippen LogP contribution in [0.1, 0.15) is 36.6 Å². The summed E-state index contributed by atoms with van der Waals surface area (Å²) in [6.45, 7) is 3.76. The summed E-state index contributed by atoms with van der Waals surface area (Å²) < 4.78 is 0. The molecular weight excluding hydrogens is 330 g/mol. The molecule has 1 amide bonds. The van der Waals surface area contributed by atoms with Crippen LogP contribution in [0, 0.1) is 0 Å². The van der Waals surface area contributed by atoms with Crippen molar-refractivity contribution in [1.29, 1.82) is 0 Å². The minimum atomic E-state index is 0.0809. The molecule has 0 aliphatic carbocycles. The normalized spacial score (nSPS) is 21.0. The van der Waals surface area contributed by atoms with Gasteiger partial charge in [-0.25, -0.2) is 0 Å². The molecule has 2 saturated heterocycles. The third-order valence-electron chi connectivity index (χ3n) is 5.20. The van der Waals surface area contributed by atoms with Gasteiger partial charge in [-0.1, -0.05) is 6.07 Å². The van der Waals surface area contributed by atoms with Crippen LogP contribution < -0.4 is 10.2 Å². The van der Waals surface area contributed by atoms with Gasteiger partial charge in [-0.3, -0.25) is 9.69 Å². The minimum absolute atomic E-state index is 0.0809. The maximum Gasteiger partial charge on any atom is 0.238 e. The number of benzene rings is 1. The lowest BCUT2D eigenvalue weighted by molar-refractivity contribution is -0.117. The number of nitrogens with one attached hydrogen (secondary N) is 1. The highest BCUT2D eigenvalue weighted by Crippen LogP contribution is 2.34. The summed E-state index contributed by atoms with van der Waals surface area (Å²) in [5.41, 5.74) is 2.15. The predicted octanol–water partition coefficient (Wildman–Crippen LogP) is 4.12. The molecule has 0 bridgehead atoms. The van der Waals surface area contributed by atoms with Crippen LogP contribution in [-0.2, 0) is 4.79 Å². The molecule has 0 unspecified atom stereocenters. The van der Waals surface area contributed by atoms with Gasteiger partial charge in [0, 0.05) is 35.4 Å². The molecule has 3 heterocycles. The molecule has 2 aliphatic rings. The summed E-state index contributed by atoms with van der Waals surface area (Å²) in [5.74, 6) is 0.0809. The Balaban J connectivity index is 1.34. The van der Waals surface area contributed by atoms with Gasteiger partial charge >= 0.3 is 0 Å². The standard InChI is InChI=1S/C20H25N3OS/c24-20(15-23-13-3-5-18(23)19-6-4-14-25-19)21-16-7-9-17(10-8-16)22-11-1-2-12-22/h4,6-10,14,18H,1-3,5,11-13,15H2,(H,21,24)/t18-/m0/s1. The number of hydrogen-bond acceptors (Lipinski definition) is 4. The summed E-state index contributed by atoms with van der Waals surface area (Å²) in [6.07, 6.45) is 4.87. The van der Waals surface area contributed by atoms with Crippen molar-refractivity contribution in [2.75, 3.05) is 36.4 Å². The zero-order chi connectivity index (χ0) is 17.1. The fourth-order valence-electron chi connectivity index (χ4n) is 3.93. The molecule has 5 heteroatoms. The van der Waals surface area contributed by atoms with E-state index in [0.29, 0.717) is 12.6 Å². The van der Waals surface area contributed by atoms with Crippen LogP contribution >= 0.6 is 11.3 Å². The van der Waals surface area contributed by atoms with Crippen LogP contribution in [0.3, 0.4) is 0 Å². The monoisotopic (exact) mass is 355 g/mol. The topological polar surface area (TPSA) is 35.6 Å². The number of carbonyl (C=O) groups is 1. The Labute approximate surface area is 153 Å². The van der Waals surface area contributed by atoms with Gasteiger partial charge in [-0.05, 0) is 67.9 Å². The van der Waals surface area contributed by atoms with E-state index in [-0.39, 0.29) is 5.91 Å². The van der Waals surface area contributed by atoms with Crippen molar-refractivity contribution < 1.29 is 4.79 Å². The molecule has 4 rings (SSSR count). The zero-order valence-electron chi connectivity index (χ0n) is 14.5. The quantitative estimate of drug-likeness (QED) is 0.876. The largest absolute Gasteiger partial charge is 0.372 e. The van der Waals surface area contributed by atoms with Crippen molar-refractivity contribution in [2.45, 2.75) is 31.7 Å². The molecule has 1 N–H and O–H groups in total. The van der Waals surface area contributed by atoms with E-state index in [0.717, 1.165) is 31.7 Å². The number of carbonyl (C=O) groups excluding carboxylic acids is 1. The smallest absolute Gasteiger partial charge is 0.238 e. The minimum Gasteiger partial charge on any atom is -0.372 e. The number of amides is 1. The lowest BCUT2D eigenvalue weighted by Gasteiger charge is -2.23. The van der Waals surface area contributed by atoms with Gasteiger partial charge in [0.05, 0.1) is 6.54 Å². The van der Waals surface area contributed by atoms with E-state index in [1.165, 1.54) is 29.8 Å². The highest BCUT2D eigenvalue weighted by Gasteiger charge is 2.28. The fraction of sp³-hybridized carbons (Fsp3) is 0.450. The van der Waals surface area contributed by atoms with Crippen molar-refractivity contribution in [2.24, 2.45) is 0 Å². The molecule has 0 radical (unpaired) electrons. The molecule has 132 valence electrons. The van der Waals surface area contributed by atoms with Crippen molar-refractivity contribution in [3.8, 4) is 0 Å². The maximum absolute atomic E-state index is 12.5. The fourth-order valence-corrected chi connectivity index (χ4v) is 4.83. The van der Waals surface area contributed by atoms with Crippen LogP contribution in [-0.4, -0.2) is 37.0 Å². The number of rotatable bonds is 5. The Morgan fingerprint density at radius 3 is 2.60 bits per heavy atom. The average molecular weight is 356 g/mol. The van der Waals surface area contributed by atoms with Crippen molar-refractivity contribution in [3.05, 3.63) is 46.7 Å². The first-order chi connectivity index (χ1) is 12.3. The number of thiophene rings is 1. The summed E-state index contributed by atoms with van der Waals surface area (Å²) >= 11 is 1.79. The number of anilines is 2. The average Bonchev–Trinajstić information content (AvgIpc) is 3.37. The molecule has 0 spiro atoms. The molecule has 4 nitrogen and oxygen atoms in total. The summed E-state index contributed by atoms with van der Waals surface area (Å²) in [4.78, 5) is 18.5. The van der Waals surface area contributed by atoms with E-state index < -0.39 is 0 Å². The van der Waals surface area contributed by atoms with E-state index in [1.54, 1.807) is 11.3 Å². The van der Waals surface area contributed by atoms with E-state index in [2.05, 4.69) is 44.8 Å². The van der Waals surface area contributed by atoms with Crippen molar-refractivity contribution >= 4 is 28.6 Å². The number of likely N-dealkylation sites (tertiary alicyclic amines) is 1. The summed E-state index contributed by atoms with van der Waals surface area (Å²) in [5, 5.41) is 5.18. The second-order valence-corrected chi connectivity index (χ2v) is 7.91. The summed E-state index contributed by atoms with van der Waals surface area (Å²) in [7, 11) is 0. The van der Waals surface area contributed by atoms with Gasteiger partial charge in [0.15, 0.2) is 0 Å². The first-order valence-corrected chi connectivity index (χ1v) is 10.1. The molecule has 2 aliphatic heterocycles. The van der Waals surface area contributed by atoms with Crippen molar-refractivity contribution in [1.82, 2.24) is 4.90 Å². The van der Waals surface area contributed by atoms with Crippen LogP contribution in [0.5, 0.6) is 0 Å². The molecule has 1 aromatic carbocycles. The van der Waals surface area contributed by atoms with Crippen LogP contribution in [0.4, 0.5) is 11.4 Å². The molecule has 1 atom stereocenters. The first kappa shape index (κ1) is 16.6. The molecule has 25 heavy (non-hydrogen) atoms. The number of hydrogen-bond donors (Lipinski definition) is 1. The Morgan fingerprint density at radius 2 is 1.88 bits per heavy atom. The van der Waals surface area contributed by atoms with E-state index >= 15 is 0 Å². The van der Waals surface area contributed by atoms with Gasteiger partial charge in [0.1, 0.15) is 0 Å². The van der Waals surface area contributed by atoms with Gasteiger partial charge in [0.2, 0.25) is 5.91 Å². The van der Waals surface area contributed by atoms with Crippen molar-refractivity contribution in [3.63, 3.8) is 0 Å². The molecule has 2 aromatic rings. The van der Waals surface area contributed by atoms with E-state index in [9.17, 15) is 4.79 Å². The third-order valence-corrected chi connectivity index (χ3v) is 6.18. The lowest BCUT2D eigenvalue weighted by Crippen LogP contribution is -2.32. The first-order valence-electron chi connectivity index (χ1n) is 9.22. The van der Waals surface area contributed by atoms with E-state index in [1.807, 2.05) is 12.1 Å². The molecule has 2 fully saturated rings. The van der Waals surface area contributed by atoms with Crippen LogP contribution in [0.25, 0.3) is 0 Å². The molecular formula is C20H25N3OS. The highest BCUT2D eigenvalue weighted by molar-refractivity contribution is 7.10. The van der Waals surface area contributed by atoms with Gasteiger partial charge in [0.25, 0.3) is 0 Å². The van der Waals surface area contributed by atoms with Crippen LogP contribution in [0.15, 0.2) is 41.8 Å². The second kappa shape index (κ2) is 7.58. The number of nitrogens with zero attached hydrogens (tertiary/aromatic N) is 2. The lowest BCUT2D eigenvalue weighted by atomic mass is 10.2. The second-order valence-electron chi connectivity index (χ2n) is 6.93. The van der Waals surface area contributed by atoms with Gasteiger partial charge < -0.3 is 10.2 Å². The SMILES string of the molecule is O=C(CN1CCC[C@H]1c1cccs1)Nc1ccc(N2CCCC2)cc1.